The van der Waals surface area contributed by atoms with Crippen LogP contribution in [0.5, 0.6) is 0 Å². The minimum atomic E-state index is -0.932. The molecule has 0 heterocycles. The zero-order valence-corrected chi connectivity index (χ0v) is 11.3. The Kier molecular flexibility index (Phi) is 8.11. The third-order valence-electron chi connectivity index (χ3n) is 2.66. The van der Waals surface area contributed by atoms with Gasteiger partial charge in [-0.05, 0) is 12.3 Å². The fourth-order valence-electron chi connectivity index (χ4n) is 1.60. The largest absolute Gasteiger partial charge is 0.481 e. The summed E-state index contributed by atoms with van der Waals surface area (Å²) in [5, 5.41) is 20.4. The zero-order chi connectivity index (χ0) is 14.1. The number of aliphatic carboxylic acids is 1. The predicted molar refractivity (Wildman–Crippen MR) is 68.4 cm³/mol. The highest BCUT2D eigenvalue weighted by Gasteiger charge is 2.21. The Hall–Kier alpha value is -1.30. The molecule has 18 heavy (non-hydrogen) atoms. The van der Waals surface area contributed by atoms with Gasteiger partial charge >= 0.3 is 12.0 Å². The number of nitrogens with zero attached hydrogens (tertiary/aromatic N) is 1. The quantitative estimate of drug-likeness (QED) is 0.605. The molecule has 1 atom stereocenters. The Morgan fingerprint density at radius 2 is 1.89 bits per heavy atom. The average Bonchev–Trinajstić information content (AvgIpc) is 2.27. The van der Waals surface area contributed by atoms with Gasteiger partial charge in [-0.1, -0.05) is 20.8 Å². The first kappa shape index (κ1) is 16.7. The summed E-state index contributed by atoms with van der Waals surface area (Å²) in [7, 11) is 0. The van der Waals surface area contributed by atoms with Gasteiger partial charge in [0.2, 0.25) is 0 Å². The molecule has 0 saturated heterocycles. The van der Waals surface area contributed by atoms with Crippen LogP contribution in [0.4, 0.5) is 4.79 Å². The fourth-order valence-corrected chi connectivity index (χ4v) is 1.60. The Balaban J connectivity index is 4.49. The first-order valence-corrected chi connectivity index (χ1v) is 6.30. The summed E-state index contributed by atoms with van der Waals surface area (Å²) in [5.74, 6) is -0.888. The summed E-state index contributed by atoms with van der Waals surface area (Å²) in [4.78, 5) is 24.1. The molecule has 0 rings (SSSR count). The molecule has 106 valence electrons. The van der Waals surface area contributed by atoms with Gasteiger partial charge in [0.1, 0.15) is 0 Å². The number of urea groups is 1. The summed E-state index contributed by atoms with van der Waals surface area (Å²) in [6.07, 6.45) is 0.696. The van der Waals surface area contributed by atoms with Crippen LogP contribution in [0.2, 0.25) is 0 Å². The van der Waals surface area contributed by atoms with E-state index in [2.05, 4.69) is 5.32 Å². The fraction of sp³-hybridized carbons (Fsp3) is 0.833. The maximum atomic E-state index is 11.9. The molecule has 0 radical (unpaired) electrons. The number of aliphatic hydroxyl groups is 1. The summed E-state index contributed by atoms with van der Waals surface area (Å²) >= 11 is 0. The summed E-state index contributed by atoms with van der Waals surface area (Å²) in [5.41, 5.74) is 0. The number of nitrogens with one attached hydrogen (secondary N) is 1. The minimum Gasteiger partial charge on any atom is -0.481 e. The molecule has 0 spiro atoms. The molecule has 0 aromatic rings. The third kappa shape index (κ3) is 6.44. The van der Waals surface area contributed by atoms with Crippen LogP contribution in [-0.4, -0.2) is 52.9 Å². The van der Waals surface area contributed by atoms with Crippen LogP contribution in [0.1, 0.15) is 33.6 Å². The molecular formula is C12H24N2O4. The maximum absolute atomic E-state index is 11.9. The first-order chi connectivity index (χ1) is 8.42. The number of amides is 2. The van der Waals surface area contributed by atoms with Gasteiger partial charge in [-0.25, -0.2) is 4.79 Å². The van der Waals surface area contributed by atoms with Gasteiger partial charge in [-0.15, -0.1) is 0 Å². The Morgan fingerprint density at radius 1 is 1.28 bits per heavy atom. The Morgan fingerprint density at radius 3 is 2.28 bits per heavy atom. The molecule has 3 N–H and O–H groups in total. The van der Waals surface area contributed by atoms with Crippen molar-refractivity contribution in [1.82, 2.24) is 10.2 Å². The van der Waals surface area contributed by atoms with E-state index in [-0.39, 0.29) is 31.5 Å². The van der Waals surface area contributed by atoms with Crippen molar-refractivity contribution in [3.05, 3.63) is 0 Å². The van der Waals surface area contributed by atoms with E-state index in [9.17, 15) is 9.59 Å². The van der Waals surface area contributed by atoms with E-state index in [4.69, 9.17) is 10.2 Å². The van der Waals surface area contributed by atoms with Gasteiger partial charge in [0.25, 0.3) is 0 Å². The van der Waals surface area contributed by atoms with Gasteiger partial charge in [-0.3, -0.25) is 4.79 Å². The van der Waals surface area contributed by atoms with Crippen molar-refractivity contribution >= 4 is 12.0 Å². The van der Waals surface area contributed by atoms with Crippen LogP contribution >= 0.6 is 0 Å². The van der Waals surface area contributed by atoms with Gasteiger partial charge in [0.15, 0.2) is 0 Å². The number of aliphatic hydroxyl groups excluding tert-OH is 1. The van der Waals surface area contributed by atoms with Crippen molar-refractivity contribution < 1.29 is 19.8 Å². The zero-order valence-electron chi connectivity index (χ0n) is 11.3. The molecule has 0 aliphatic heterocycles. The van der Waals surface area contributed by atoms with Crippen molar-refractivity contribution in [3.8, 4) is 0 Å². The van der Waals surface area contributed by atoms with Crippen molar-refractivity contribution in [2.45, 2.75) is 39.7 Å². The van der Waals surface area contributed by atoms with Crippen molar-refractivity contribution in [3.63, 3.8) is 0 Å². The number of carboxylic acid groups (broad SMARTS) is 1. The summed E-state index contributed by atoms with van der Waals surface area (Å²) in [6.45, 7) is 6.38. The molecule has 6 heteroatoms. The second-order valence-corrected chi connectivity index (χ2v) is 4.61. The highest BCUT2D eigenvalue weighted by atomic mass is 16.4. The van der Waals surface area contributed by atoms with Crippen LogP contribution in [0.15, 0.2) is 0 Å². The van der Waals surface area contributed by atoms with Gasteiger partial charge in [-0.2, -0.15) is 0 Å². The SMILES string of the molecule is CCCN(CCO)C(=O)NC(CC(=O)O)C(C)C. The van der Waals surface area contributed by atoms with Crippen LogP contribution in [0, 0.1) is 5.92 Å². The standard InChI is InChI=1S/C12H24N2O4/c1-4-5-14(6-7-15)12(18)13-10(9(2)3)8-11(16)17/h9-10,15H,4-8H2,1-3H3,(H,13,18)(H,16,17). The number of carbonyl (C=O) groups excluding carboxylic acids is 1. The van der Waals surface area contributed by atoms with Gasteiger partial charge in [0, 0.05) is 19.1 Å². The lowest BCUT2D eigenvalue weighted by Crippen LogP contribution is -2.48. The average molecular weight is 260 g/mol. The van der Waals surface area contributed by atoms with Crippen molar-refractivity contribution in [1.29, 1.82) is 0 Å². The van der Waals surface area contributed by atoms with Crippen LogP contribution in [0.25, 0.3) is 0 Å². The first-order valence-electron chi connectivity index (χ1n) is 6.30. The van der Waals surface area contributed by atoms with E-state index in [1.165, 1.54) is 4.90 Å². The van der Waals surface area contributed by atoms with E-state index in [0.717, 1.165) is 6.42 Å². The van der Waals surface area contributed by atoms with Gasteiger partial charge < -0.3 is 20.4 Å². The highest BCUT2D eigenvalue weighted by molar-refractivity contribution is 5.76. The highest BCUT2D eigenvalue weighted by Crippen LogP contribution is 2.07. The van der Waals surface area contributed by atoms with Crippen molar-refractivity contribution in [2.75, 3.05) is 19.7 Å². The molecule has 0 bridgehead atoms. The molecule has 0 aliphatic rings. The topological polar surface area (TPSA) is 89.9 Å². The second kappa shape index (κ2) is 8.74. The number of rotatable bonds is 8. The predicted octanol–water partition coefficient (Wildman–Crippen LogP) is 0.900. The summed E-state index contributed by atoms with van der Waals surface area (Å²) < 4.78 is 0. The van der Waals surface area contributed by atoms with E-state index >= 15 is 0 Å². The third-order valence-corrected chi connectivity index (χ3v) is 2.66. The normalized spacial score (nSPS) is 12.3. The van der Waals surface area contributed by atoms with Crippen LogP contribution in [0.3, 0.4) is 0 Å². The molecule has 0 aliphatic carbocycles. The lowest BCUT2D eigenvalue weighted by molar-refractivity contribution is -0.137. The van der Waals surface area contributed by atoms with Crippen LogP contribution < -0.4 is 5.32 Å². The molecule has 1 unspecified atom stereocenters. The number of carboxylic acids is 1. The van der Waals surface area contributed by atoms with E-state index in [1.54, 1.807) is 0 Å². The van der Waals surface area contributed by atoms with Gasteiger partial charge in [0.05, 0.1) is 13.0 Å². The Bertz CT molecular complexity index is 263. The van der Waals surface area contributed by atoms with E-state index in [1.807, 2.05) is 20.8 Å². The molecular weight excluding hydrogens is 236 g/mol. The van der Waals surface area contributed by atoms with E-state index in [0.29, 0.717) is 6.54 Å². The van der Waals surface area contributed by atoms with E-state index < -0.39 is 12.0 Å². The lowest BCUT2D eigenvalue weighted by atomic mass is 10.0. The van der Waals surface area contributed by atoms with Crippen molar-refractivity contribution in [2.24, 2.45) is 5.92 Å². The minimum absolute atomic E-state index is 0.0441. The summed E-state index contributed by atoms with van der Waals surface area (Å²) in [6, 6.07) is -0.709. The molecule has 2 amide bonds. The number of hydrogen-bond donors (Lipinski definition) is 3. The number of hydrogen-bond acceptors (Lipinski definition) is 3. The monoisotopic (exact) mass is 260 g/mol. The number of carbonyl (C=O) groups is 2. The Labute approximate surface area is 108 Å². The smallest absolute Gasteiger partial charge is 0.317 e. The molecule has 0 saturated carbocycles. The molecule has 6 nitrogen and oxygen atoms in total. The molecule has 0 aromatic heterocycles. The maximum Gasteiger partial charge on any atom is 0.317 e. The molecule has 0 fully saturated rings. The molecule has 0 aromatic carbocycles. The van der Waals surface area contributed by atoms with Crippen LogP contribution in [-0.2, 0) is 4.79 Å². The lowest BCUT2D eigenvalue weighted by Gasteiger charge is -2.27. The second-order valence-electron chi connectivity index (χ2n) is 4.61.